The summed E-state index contributed by atoms with van der Waals surface area (Å²) in [7, 11) is -2.24. The van der Waals surface area contributed by atoms with E-state index in [1.165, 1.54) is 7.11 Å². The highest BCUT2D eigenvalue weighted by Gasteiger charge is 2.16. The summed E-state index contributed by atoms with van der Waals surface area (Å²) in [5.41, 5.74) is 0.678. The van der Waals surface area contributed by atoms with Crippen molar-refractivity contribution in [1.82, 2.24) is 0 Å². The van der Waals surface area contributed by atoms with Crippen molar-refractivity contribution in [3.8, 4) is 11.5 Å². The molecular formula is C14H14O4S. The highest BCUT2D eigenvalue weighted by molar-refractivity contribution is 7.86. The number of hydrogen-bond acceptors (Lipinski definition) is 4. The highest BCUT2D eigenvalue weighted by atomic mass is 32.2. The Morgan fingerprint density at radius 3 is 2.11 bits per heavy atom. The minimum Gasteiger partial charge on any atom is -0.493 e. The van der Waals surface area contributed by atoms with Crippen LogP contribution in [-0.2, 0) is 15.9 Å². The SMILES string of the molecule is COc1ccccc1OS(=O)(=O)Cc1ccccc1. The molecular weight excluding hydrogens is 264 g/mol. The second kappa shape index (κ2) is 5.75. The van der Waals surface area contributed by atoms with Crippen LogP contribution >= 0.6 is 0 Å². The molecule has 2 aromatic carbocycles. The summed E-state index contributed by atoms with van der Waals surface area (Å²) in [4.78, 5) is 0. The van der Waals surface area contributed by atoms with Gasteiger partial charge in [0.15, 0.2) is 11.5 Å². The van der Waals surface area contributed by atoms with Gasteiger partial charge in [-0.15, -0.1) is 0 Å². The molecule has 0 aromatic heterocycles. The van der Waals surface area contributed by atoms with Gasteiger partial charge in [0.05, 0.1) is 7.11 Å². The molecule has 0 saturated heterocycles. The molecule has 0 radical (unpaired) electrons. The average Bonchev–Trinajstić information content (AvgIpc) is 2.39. The zero-order valence-corrected chi connectivity index (χ0v) is 11.3. The van der Waals surface area contributed by atoms with Gasteiger partial charge in [-0.2, -0.15) is 8.42 Å². The molecule has 0 N–H and O–H groups in total. The van der Waals surface area contributed by atoms with Crippen molar-refractivity contribution in [1.29, 1.82) is 0 Å². The van der Waals surface area contributed by atoms with Crippen LogP contribution in [0.4, 0.5) is 0 Å². The number of ether oxygens (including phenoxy) is 1. The fourth-order valence-electron chi connectivity index (χ4n) is 1.63. The Kier molecular flexibility index (Phi) is 4.06. The molecule has 19 heavy (non-hydrogen) atoms. The van der Waals surface area contributed by atoms with Crippen molar-refractivity contribution < 1.29 is 17.3 Å². The van der Waals surface area contributed by atoms with E-state index in [1.807, 2.05) is 6.07 Å². The van der Waals surface area contributed by atoms with Gasteiger partial charge in [-0.3, -0.25) is 0 Å². The first-order chi connectivity index (χ1) is 9.11. The molecule has 2 aromatic rings. The second-order valence-corrected chi connectivity index (χ2v) is 5.49. The summed E-state index contributed by atoms with van der Waals surface area (Å²) in [6, 6.07) is 15.5. The molecule has 100 valence electrons. The van der Waals surface area contributed by atoms with Crippen LogP contribution in [0.15, 0.2) is 54.6 Å². The Morgan fingerprint density at radius 2 is 1.47 bits per heavy atom. The predicted octanol–water partition coefficient (Wildman–Crippen LogP) is 2.60. The molecule has 0 bridgehead atoms. The molecule has 0 spiro atoms. The Morgan fingerprint density at radius 1 is 0.895 bits per heavy atom. The summed E-state index contributed by atoms with van der Waals surface area (Å²) < 4.78 is 34.0. The smallest absolute Gasteiger partial charge is 0.313 e. The lowest BCUT2D eigenvalue weighted by atomic mass is 10.2. The van der Waals surface area contributed by atoms with E-state index < -0.39 is 10.1 Å². The van der Waals surface area contributed by atoms with Crippen LogP contribution in [0.25, 0.3) is 0 Å². The molecule has 0 unspecified atom stereocenters. The number of hydrogen-bond donors (Lipinski definition) is 0. The van der Waals surface area contributed by atoms with E-state index in [2.05, 4.69) is 0 Å². The molecule has 0 aliphatic rings. The van der Waals surface area contributed by atoms with E-state index in [0.29, 0.717) is 11.3 Å². The molecule has 0 heterocycles. The first-order valence-corrected chi connectivity index (χ1v) is 7.27. The fraction of sp³-hybridized carbons (Fsp3) is 0.143. The normalized spacial score (nSPS) is 11.0. The molecule has 5 heteroatoms. The highest BCUT2D eigenvalue weighted by Crippen LogP contribution is 2.27. The van der Waals surface area contributed by atoms with Crippen LogP contribution in [0.5, 0.6) is 11.5 Å². The predicted molar refractivity (Wildman–Crippen MR) is 72.7 cm³/mol. The summed E-state index contributed by atoms with van der Waals surface area (Å²) in [6.07, 6.45) is 0. The van der Waals surface area contributed by atoms with Gasteiger partial charge in [-0.25, -0.2) is 0 Å². The third kappa shape index (κ3) is 3.72. The first kappa shape index (κ1) is 13.4. The lowest BCUT2D eigenvalue weighted by Gasteiger charge is -2.10. The molecule has 4 nitrogen and oxygen atoms in total. The summed E-state index contributed by atoms with van der Waals surface area (Å²) in [5.74, 6) is 0.409. The van der Waals surface area contributed by atoms with Crippen molar-refractivity contribution in [3.63, 3.8) is 0 Å². The fourth-order valence-corrected chi connectivity index (χ4v) is 2.70. The molecule has 0 aliphatic heterocycles. The van der Waals surface area contributed by atoms with Gasteiger partial charge < -0.3 is 8.92 Å². The van der Waals surface area contributed by atoms with Gasteiger partial charge in [-0.05, 0) is 17.7 Å². The van der Waals surface area contributed by atoms with Crippen LogP contribution < -0.4 is 8.92 Å². The maximum Gasteiger partial charge on any atom is 0.313 e. The average molecular weight is 278 g/mol. The molecule has 2 rings (SSSR count). The van der Waals surface area contributed by atoms with Crippen LogP contribution in [0, 0.1) is 0 Å². The van der Waals surface area contributed by atoms with Crippen molar-refractivity contribution >= 4 is 10.1 Å². The van der Waals surface area contributed by atoms with Gasteiger partial charge in [-0.1, -0.05) is 42.5 Å². The van der Waals surface area contributed by atoms with Crippen molar-refractivity contribution in [3.05, 3.63) is 60.2 Å². The lowest BCUT2D eigenvalue weighted by Crippen LogP contribution is -2.12. The summed E-state index contributed by atoms with van der Waals surface area (Å²) >= 11 is 0. The minimum absolute atomic E-state index is 0.175. The van der Waals surface area contributed by atoms with E-state index in [4.69, 9.17) is 8.92 Å². The maximum atomic E-state index is 12.0. The Labute approximate surface area is 112 Å². The van der Waals surface area contributed by atoms with Gasteiger partial charge in [0.25, 0.3) is 0 Å². The molecule has 0 fully saturated rings. The minimum atomic E-state index is -3.70. The number of rotatable bonds is 5. The van der Waals surface area contributed by atoms with Crippen LogP contribution in [0.1, 0.15) is 5.56 Å². The quantitative estimate of drug-likeness (QED) is 0.789. The zero-order chi connectivity index (χ0) is 13.7. The zero-order valence-electron chi connectivity index (χ0n) is 10.4. The van der Waals surface area contributed by atoms with E-state index >= 15 is 0 Å². The maximum absolute atomic E-state index is 12.0. The Bertz CT molecular complexity index is 636. The third-order valence-electron chi connectivity index (χ3n) is 2.47. The number of para-hydroxylation sites is 2. The number of methoxy groups -OCH3 is 1. The molecule has 0 aliphatic carbocycles. The summed E-state index contributed by atoms with van der Waals surface area (Å²) in [5, 5.41) is 0. The van der Waals surface area contributed by atoms with E-state index in [0.717, 1.165) is 0 Å². The van der Waals surface area contributed by atoms with E-state index in [1.54, 1.807) is 48.5 Å². The van der Waals surface area contributed by atoms with E-state index in [9.17, 15) is 8.42 Å². The van der Waals surface area contributed by atoms with Crippen LogP contribution in [0.3, 0.4) is 0 Å². The largest absolute Gasteiger partial charge is 0.493 e. The van der Waals surface area contributed by atoms with E-state index in [-0.39, 0.29) is 11.5 Å². The van der Waals surface area contributed by atoms with Crippen molar-refractivity contribution in [2.45, 2.75) is 5.75 Å². The van der Waals surface area contributed by atoms with Crippen LogP contribution in [-0.4, -0.2) is 15.5 Å². The molecule has 0 atom stereocenters. The monoisotopic (exact) mass is 278 g/mol. The Hall–Kier alpha value is -2.01. The van der Waals surface area contributed by atoms with Gasteiger partial charge in [0.2, 0.25) is 0 Å². The number of benzene rings is 2. The topological polar surface area (TPSA) is 52.6 Å². The third-order valence-corrected chi connectivity index (χ3v) is 3.59. The summed E-state index contributed by atoms with van der Waals surface area (Å²) in [6.45, 7) is 0. The van der Waals surface area contributed by atoms with Crippen LogP contribution in [0.2, 0.25) is 0 Å². The second-order valence-electron chi connectivity index (χ2n) is 3.92. The lowest BCUT2D eigenvalue weighted by molar-refractivity contribution is 0.390. The Balaban J connectivity index is 2.18. The molecule has 0 saturated carbocycles. The standard InChI is InChI=1S/C14H14O4S/c1-17-13-9-5-6-10-14(13)18-19(15,16)11-12-7-3-2-4-8-12/h2-10H,11H2,1H3. The first-order valence-electron chi connectivity index (χ1n) is 5.70. The molecule has 0 amide bonds. The van der Waals surface area contributed by atoms with Crippen molar-refractivity contribution in [2.24, 2.45) is 0 Å². The van der Waals surface area contributed by atoms with Gasteiger partial charge in [0, 0.05) is 0 Å². The van der Waals surface area contributed by atoms with Gasteiger partial charge in [0.1, 0.15) is 5.75 Å². The van der Waals surface area contributed by atoms with Crippen molar-refractivity contribution in [2.75, 3.05) is 7.11 Å². The van der Waals surface area contributed by atoms with Gasteiger partial charge >= 0.3 is 10.1 Å².